The molecule has 3 aromatic rings. The molecule has 12 heteroatoms. The van der Waals surface area contributed by atoms with Gasteiger partial charge in [0.2, 0.25) is 5.91 Å². The molecule has 1 fully saturated rings. The molecule has 1 amide bonds. The minimum absolute atomic E-state index is 0.0384. The second-order valence-electron chi connectivity index (χ2n) is 10.5. The van der Waals surface area contributed by atoms with Gasteiger partial charge in [0.15, 0.2) is 17.4 Å². The van der Waals surface area contributed by atoms with Gasteiger partial charge in [0.05, 0.1) is 36.0 Å². The third-order valence-corrected chi connectivity index (χ3v) is 7.82. The van der Waals surface area contributed by atoms with Crippen LogP contribution in [0, 0.1) is 22.9 Å². The SMILES string of the molecule is COc1ccc2ncc(N(C)C)c([C@H](O)CCC3(C(=O)NO)CCN(CCOc4c(F)cc(F)cc4F)CC3)c2c1. The number of benzene rings is 2. The van der Waals surface area contributed by atoms with Crippen LogP contribution in [0.25, 0.3) is 10.9 Å². The molecule has 2 aromatic carbocycles. The van der Waals surface area contributed by atoms with Gasteiger partial charge in [0, 0.05) is 43.7 Å². The van der Waals surface area contributed by atoms with E-state index in [0.29, 0.717) is 67.9 Å². The summed E-state index contributed by atoms with van der Waals surface area (Å²) in [7, 11) is 5.28. The lowest BCUT2D eigenvalue weighted by atomic mass is 9.73. The molecule has 1 aromatic heterocycles. The van der Waals surface area contributed by atoms with Gasteiger partial charge >= 0.3 is 0 Å². The highest BCUT2D eigenvalue weighted by Gasteiger charge is 2.41. The number of hydrogen-bond acceptors (Lipinski definition) is 8. The lowest BCUT2D eigenvalue weighted by Gasteiger charge is -2.40. The van der Waals surface area contributed by atoms with Crippen molar-refractivity contribution >= 4 is 22.5 Å². The summed E-state index contributed by atoms with van der Waals surface area (Å²) in [5.41, 5.74) is 2.98. The maximum absolute atomic E-state index is 13.9. The molecule has 41 heavy (non-hydrogen) atoms. The average molecular weight is 577 g/mol. The first kappa shape index (κ1) is 30.4. The van der Waals surface area contributed by atoms with Crippen molar-refractivity contribution in [1.29, 1.82) is 0 Å². The molecule has 4 rings (SSSR count). The van der Waals surface area contributed by atoms with Crippen LogP contribution < -0.4 is 19.9 Å². The standard InChI is InChI=1S/C29H35F3N4O5/c1-35(2)24-17-33-23-5-4-19(40-3)16-20(23)26(24)25(37)6-7-29(28(38)34-39)8-10-36(11-9-29)12-13-41-27-21(31)14-18(30)15-22(27)32/h4-5,14-17,25,37,39H,6-13H2,1-3H3,(H,34,38)/t25-/m1/s1. The number of aliphatic hydroxyl groups is 1. The normalized spacial score (nSPS) is 15.9. The Balaban J connectivity index is 1.44. The Morgan fingerprint density at radius 2 is 1.85 bits per heavy atom. The van der Waals surface area contributed by atoms with E-state index in [1.807, 2.05) is 36.0 Å². The summed E-state index contributed by atoms with van der Waals surface area (Å²) in [6.45, 7) is 1.20. The number of rotatable bonds is 11. The molecule has 9 nitrogen and oxygen atoms in total. The molecule has 0 radical (unpaired) electrons. The predicted octanol–water partition coefficient (Wildman–Crippen LogP) is 4.21. The van der Waals surface area contributed by atoms with Gasteiger partial charge in [0.25, 0.3) is 0 Å². The average Bonchev–Trinajstić information content (AvgIpc) is 2.96. The number of nitrogens with zero attached hydrogens (tertiary/aromatic N) is 3. The fraction of sp³-hybridized carbons (Fsp3) is 0.448. The summed E-state index contributed by atoms with van der Waals surface area (Å²) in [5.74, 6) is -3.79. The van der Waals surface area contributed by atoms with Gasteiger partial charge in [-0.25, -0.2) is 18.7 Å². The molecule has 3 N–H and O–H groups in total. The first-order valence-corrected chi connectivity index (χ1v) is 13.3. The fourth-order valence-corrected chi connectivity index (χ4v) is 5.43. The van der Waals surface area contributed by atoms with Crippen LogP contribution in [0.4, 0.5) is 18.9 Å². The first-order chi connectivity index (χ1) is 19.6. The Morgan fingerprint density at radius 1 is 1.17 bits per heavy atom. The third kappa shape index (κ3) is 6.66. The molecule has 222 valence electrons. The van der Waals surface area contributed by atoms with Crippen molar-refractivity contribution in [2.24, 2.45) is 5.41 Å². The van der Waals surface area contributed by atoms with Gasteiger partial charge in [-0.15, -0.1) is 0 Å². The maximum Gasteiger partial charge on any atom is 0.249 e. The number of piperidine rings is 1. The first-order valence-electron chi connectivity index (χ1n) is 13.3. The highest BCUT2D eigenvalue weighted by Crippen LogP contribution is 2.41. The molecule has 0 unspecified atom stereocenters. The van der Waals surface area contributed by atoms with Crippen LogP contribution in [-0.4, -0.2) is 73.6 Å². The summed E-state index contributed by atoms with van der Waals surface area (Å²) < 4.78 is 51.5. The molecule has 0 bridgehead atoms. The van der Waals surface area contributed by atoms with Crippen molar-refractivity contribution in [3.8, 4) is 11.5 Å². The quantitative estimate of drug-likeness (QED) is 0.230. The number of aromatic nitrogens is 1. The van der Waals surface area contributed by atoms with Crippen LogP contribution in [0.3, 0.4) is 0 Å². The fourth-order valence-electron chi connectivity index (χ4n) is 5.43. The van der Waals surface area contributed by atoms with Gasteiger partial charge < -0.3 is 19.5 Å². The predicted molar refractivity (Wildman–Crippen MR) is 147 cm³/mol. The van der Waals surface area contributed by atoms with Crippen LogP contribution in [0.1, 0.15) is 37.4 Å². The van der Waals surface area contributed by atoms with E-state index in [4.69, 9.17) is 9.47 Å². The van der Waals surface area contributed by atoms with E-state index in [0.717, 1.165) is 11.1 Å². The molecule has 1 saturated heterocycles. The monoisotopic (exact) mass is 576 g/mol. The Bertz CT molecular complexity index is 1360. The van der Waals surface area contributed by atoms with Crippen molar-refractivity contribution in [1.82, 2.24) is 15.4 Å². The summed E-state index contributed by atoms with van der Waals surface area (Å²) >= 11 is 0. The molecule has 2 heterocycles. The van der Waals surface area contributed by atoms with Gasteiger partial charge in [-0.05, 0) is 57.0 Å². The number of amides is 1. The van der Waals surface area contributed by atoms with Crippen molar-refractivity contribution in [2.45, 2.75) is 31.8 Å². The minimum atomic E-state index is -1.11. The van der Waals surface area contributed by atoms with Crippen LogP contribution >= 0.6 is 0 Å². The Morgan fingerprint density at radius 3 is 2.46 bits per heavy atom. The van der Waals surface area contributed by atoms with Crippen molar-refractivity contribution in [2.75, 3.05) is 52.3 Å². The molecule has 0 saturated carbocycles. The molecule has 0 spiro atoms. The summed E-state index contributed by atoms with van der Waals surface area (Å²) in [6.07, 6.45) is 2.09. The van der Waals surface area contributed by atoms with Crippen LogP contribution in [0.2, 0.25) is 0 Å². The second-order valence-corrected chi connectivity index (χ2v) is 10.5. The van der Waals surface area contributed by atoms with E-state index < -0.39 is 40.6 Å². The highest BCUT2D eigenvalue weighted by atomic mass is 19.1. The smallest absolute Gasteiger partial charge is 0.249 e. The zero-order valence-corrected chi connectivity index (χ0v) is 23.3. The molecular weight excluding hydrogens is 541 g/mol. The number of hydrogen-bond donors (Lipinski definition) is 3. The minimum Gasteiger partial charge on any atom is -0.497 e. The van der Waals surface area contributed by atoms with Crippen molar-refractivity contribution in [3.63, 3.8) is 0 Å². The summed E-state index contributed by atoms with van der Waals surface area (Å²) in [4.78, 5) is 21.2. The second kappa shape index (κ2) is 12.9. The number of carbonyl (C=O) groups excluding carboxylic acids is 1. The third-order valence-electron chi connectivity index (χ3n) is 7.82. The lowest BCUT2D eigenvalue weighted by molar-refractivity contribution is -0.144. The Labute approximate surface area is 236 Å². The van der Waals surface area contributed by atoms with E-state index in [2.05, 4.69) is 4.98 Å². The lowest BCUT2D eigenvalue weighted by Crippen LogP contribution is -2.49. The molecule has 1 atom stereocenters. The van der Waals surface area contributed by atoms with Crippen LogP contribution in [0.5, 0.6) is 11.5 Å². The molecule has 0 aliphatic carbocycles. The van der Waals surface area contributed by atoms with Crippen molar-refractivity contribution < 1.29 is 37.8 Å². The van der Waals surface area contributed by atoms with E-state index in [9.17, 15) is 28.3 Å². The summed E-state index contributed by atoms with van der Waals surface area (Å²) in [6, 6.07) is 6.56. The number of likely N-dealkylation sites (tertiary alicyclic amines) is 1. The largest absolute Gasteiger partial charge is 0.497 e. The van der Waals surface area contributed by atoms with Crippen LogP contribution in [0.15, 0.2) is 36.5 Å². The van der Waals surface area contributed by atoms with Gasteiger partial charge in [-0.1, -0.05) is 0 Å². The van der Waals surface area contributed by atoms with Gasteiger partial charge in [-0.2, -0.15) is 0 Å². The number of pyridine rings is 1. The van der Waals surface area contributed by atoms with Crippen LogP contribution in [-0.2, 0) is 4.79 Å². The van der Waals surface area contributed by atoms with Gasteiger partial charge in [-0.3, -0.25) is 19.9 Å². The number of nitrogens with one attached hydrogen (secondary N) is 1. The zero-order chi connectivity index (χ0) is 29.7. The number of carbonyl (C=O) groups is 1. The van der Waals surface area contributed by atoms with E-state index >= 15 is 0 Å². The topological polar surface area (TPSA) is 107 Å². The van der Waals surface area contributed by atoms with E-state index in [1.54, 1.807) is 24.9 Å². The number of ether oxygens (including phenoxy) is 2. The van der Waals surface area contributed by atoms with Gasteiger partial charge in [0.1, 0.15) is 18.2 Å². The Hall–Kier alpha value is -3.61. The maximum atomic E-state index is 13.9. The van der Waals surface area contributed by atoms with Crippen molar-refractivity contribution in [3.05, 3.63) is 59.5 Å². The molecule has 1 aliphatic rings. The number of halogens is 3. The Kier molecular flexibility index (Phi) is 9.57. The number of anilines is 1. The highest BCUT2D eigenvalue weighted by molar-refractivity contribution is 5.88. The number of fused-ring (bicyclic) bond motifs is 1. The number of aliphatic hydroxyl groups excluding tert-OH is 1. The van der Waals surface area contributed by atoms with E-state index in [1.165, 1.54) is 0 Å². The molecule has 1 aliphatic heterocycles. The number of methoxy groups -OCH3 is 1. The zero-order valence-electron chi connectivity index (χ0n) is 23.3. The van der Waals surface area contributed by atoms with E-state index in [-0.39, 0.29) is 13.0 Å². The molecular formula is C29H35F3N4O5. The summed E-state index contributed by atoms with van der Waals surface area (Å²) in [5, 5.41) is 21.7. The number of hydroxylamine groups is 1.